The highest BCUT2D eigenvalue weighted by molar-refractivity contribution is 7.89. The first-order valence-electron chi connectivity index (χ1n) is 10.9. The Morgan fingerprint density at radius 1 is 1.19 bits per heavy atom. The van der Waals surface area contributed by atoms with Gasteiger partial charge >= 0.3 is 5.92 Å². The maximum atomic E-state index is 13.3. The number of carbonyl (C=O) groups excluding carboxylic acids is 1. The first kappa shape index (κ1) is 26.0. The van der Waals surface area contributed by atoms with Crippen LogP contribution in [0.15, 0.2) is 47.8 Å². The van der Waals surface area contributed by atoms with Gasteiger partial charge in [-0.15, -0.1) is 0 Å². The van der Waals surface area contributed by atoms with Crippen LogP contribution < -0.4 is 5.32 Å². The molecule has 36 heavy (non-hydrogen) atoms. The highest BCUT2D eigenvalue weighted by Gasteiger charge is 2.43. The minimum atomic E-state index is -4.04. The van der Waals surface area contributed by atoms with Crippen molar-refractivity contribution in [1.29, 1.82) is 0 Å². The molecular formula is C22H22ClF3N6O3S. The van der Waals surface area contributed by atoms with Gasteiger partial charge in [0.15, 0.2) is 11.0 Å². The summed E-state index contributed by atoms with van der Waals surface area (Å²) in [7, 11) is -4.04. The van der Waals surface area contributed by atoms with Crippen molar-refractivity contribution < 1.29 is 26.4 Å². The molecule has 0 aliphatic carbocycles. The van der Waals surface area contributed by atoms with Crippen LogP contribution in [0, 0.1) is 5.82 Å². The second kappa shape index (κ2) is 9.79. The molecule has 1 fully saturated rings. The predicted octanol–water partition coefficient (Wildman–Crippen LogP) is 3.42. The van der Waals surface area contributed by atoms with Gasteiger partial charge in [0.25, 0.3) is 0 Å². The summed E-state index contributed by atoms with van der Waals surface area (Å²) in [4.78, 5) is 20.2. The first-order chi connectivity index (χ1) is 16.9. The summed E-state index contributed by atoms with van der Waals surface area (Å²) in [5, 5.41) is 6.82. The summed E-state index contributed by atoms with van der Waals surface area (Å²) in [6.07, 6.45) is 4.61. The van der Waals surface area contributed by atoms with Gasteiger partial charge in [-0.1, -0.05) is 11.6 Å². The Labute approximate surface area is 210 Å². The molecule has 0 radical (unpaired) electrons. The van der Waals surface area contributed by atoms with Crippen molar-refractivity contribution in [2.75, 3.05) is 0 Å². The number of rotatable bonds is 7. The Hall–Kier alpha value is -3.03. The zero-order chi connectivity index (χ0) is 26.3. The Kier molecular flexibility index (Phi) is 7.08. The molecule has 2 aromatic heterocycles. The van der Waals surface area contributed by atoms with Crippen molar-refractivity contribution in [3.63, 3.8) is 0 Å². The van der Waals surface area contributed by atoms with Crippen LogP contribution in [-0.4, -0.2) is 50.5 Å². The van der Waals surface area contributed by atoms with Gasteiger partial charge in [0, 0.05) is 31.3 Å². The minimum absolute atomic E-state index is 0.0516. The van der Waals surface area contributed by atoms with Crippen molar-refractivity contribution in [2.24, 2.45) is 0 Å². The Bertz CT molecular complexity index is 1360. The van der Waals surface area contributed by atoms with Crippen LogP contribution in [0.1, 0.15) is 38.1 Å². The summed E-state index contributed by atoms with van der Waals surface area (Å²) in [5.41, 5.74) is 0.692. The molecule has 3 heterocycles. The molecular weight excluding hydrogens is 521 g/mol. The van der Waals surface area contributed by atoms with E-state index in [1.165, 1.54) is 23.3 Å². The van der Waals surface area contributed by atoms with Gasteiger partial charge in [0.2, 0.25) is 15.9 Å². The van der Waals surface area contributed by atoms with E-state index in [-0.39, 0.29) is 22.3 Å². The highest BCUT2D eigenvalue weighted by atomic mass is 35.5. The van der Waals surface area contributed by atoms with Gasteiger partial charge in [-0.05, 0) is 44.0 Å². The molecule has 0 bridgehead atoms. The van der Waals surface area contributed by atoms with Crippen LogP contribution in [-0.2, 0) is 27.3 Å². The Morgan fingerprint density at radius 3 is 2.44 bits per heavy atom. The monoisotopic (exact) mass is 542 g/mol. The van der Waals surface area contributed by atoms with E-state index in [0.29, 0.717) is 25.3 Å². The van der Waals surface area contributed by atoms with Gasteiger partial charge in [0.05, 0.1) is 17.3 Å². The van der Waals surface area contributed by atoms with E-state index >= 15 is 0 Å². The standard InChI is InChI=1S/C22H22ClF3N6O3S/c1-13-3-8-18(32(13)36(34,35)17-6-4-15(24)5-7-17)20(33)27-9-14-12-31(30-19(14)23)16-10-28-21(29-11-16)22(2,25)26/h4-7,10-13,18H,3,8-9H2,1-2H3,(H,27,33)/t13-,18-/m0/s1. The molecule has 0 spiro atoms. The lowest BCUT2D eigenvalue weighted by molar-refractivity contribution is -0.124. The molecule has 1 amide bonds. The highest BCUT2D eigenvalue weighted by Crippen LogP contribution is 2.31. The molecule has 2 atom stereocenters. The molecule has 1 aromatic carbocycles. The summed E-state index contributed by atoms with van der Waals surface area (Å²) in [6.45, 7) is 2.33. The van der Waals surface area contributed by atoms with Gasteiger partial charge in [-0.25, -0.2) is 27.5 Å². The lowest BCUT2D eigenvalue weighted by Gasteiger charge is -2.27. The average Bonchev–Trinajstić information content (AvgIpc) is 3.40. The van der Waals surface area contributed by atoms with E-state index in [9.17, 15) is 26.4 Å². The zero-order valence-electron chi connectivity index (χ0n) is 19.2. The maximum Gasteiger partial charge on any atom is 0.303 e. The molecule has 0 saturated carbocycles. The van der Waals surface area contributed by atoms with Crippen LogP contribution in [0.5, 0.6) is 0 Å². The number of alkyl halides is 2. The fraction of sp³-hybridized carbons (Fsp3) is 0.364. The number of sulfonamides is 1. The molecule has 14 heteroatoms. The van der Waals surface area contributed by atoms with Crippen LogP contribution in [0.4, 0.5) is 13.2 Å². The number of aromatic nitrogens is 4. The molecule has 1 aliphatic rings. The van der Waals surface area contributed by atoms with Crippen LogP contribution >= 0.6 is 11.6 Å². The first-order valence-corrected chi connectivity index (χ1v) is 12.7. The summed E-state index contributed by atoms with van der Waals surface area (Å²) >= 11 is 6.18. The molecule has 0 unspecified atom stereocenters. The van der Waals surface area contributed by atoms with Crippen LogP contribution in [0.3, 0.4) is 0 Å². The third kappa shape index (κ3) is 5.22. The molecule has 192 valence electrons. The average molecular weight is 543 g/mol. The Morgan fingerprint density at radius 2 is 1.83 bits per heavy atom. The normalized spacial score (nSPS) is 18.9. The van der Waals surface area contributed by atoms with Crippen molar-refractivity contribution in [2.45, 2.75) is 56.1 Å². The van der Waals surface area contributed by atoms with Crippen molar-refractivity contribution >= 4 is 27.5 Å². The smallest absolute Gasteiger partial charge is 0.303 e. The molecule has 9 nitrogen and oxygen atoms in total. The van der Waals surface area contributed by atoms with E-state index in [1.807, 2.05) is 0 Å². The fourth-order valence-corrected chi connectivity index (χ4v) is 5.98. The Balaban J connectivity index is 1.47. The molecule has 1 N–H and O–H groups in total. The van der Waals surface area contributed by atoms with E-state index in [2.05, 4.69) is 20.4 Å². The number of amides is 1. The molecule has 4 rings (SSSR count). The van der Waals surface area contributed by atoms with Crippen molar-refractivity contribution in [3.05, 3.63) is 65.2 Å². The van der Waals surface area contributed by atoms with Gasteiger partial charge < -0.3 is 5.32 Å². The number of benzene rings is 1. The largest absolute Gasteiger partial charge is 0.350 e. The third-order valence-corrected chi connectivity index (χ3v) is 8.13. The number of hydrogen-bond acceptors (Lipinski definition) is 6. The van der Waals surface area contributed by atoms with E-state index < -0.39 is 45.6 Å². The lowest BCUT2D eigenvalue weighted by Crippen LogP contribution is -2.48. The van der Waals surface area contributed by atoms with E-state index in [4.69, 9.17) is 11.6 Å². The molecule has 1 saturated heterocycles. The van der Waals surface area contributed by atoms with Gasteiger partial charge in [0.1, 0.15) is 17.5 Å². The molecule has 3 aromatic rings. The zero-order valence-corrected chi connectivity index (χ0v) is 20.8. The van der Waals surface area contributed by atoms with Crippen LogP contribution in [0.2, 0.25) is 5.15 Å². The fourth-order valence-electron chi connectivity index (χ4n) is 3.95. The van der Waals surface area contributed by atoms with Gasteiger partial charge in [-0.3, -0.25) is 4.79 Å². The third-order valence-electron chi connectivity index (χ3n) is 5.78. The minimum Gasteiger partial charge on any atom is -0.350 e. The summed E-state index contributed by atoms with van der Waals surface area (Å²) < 4.78 is 68.7. The predicted molar refractivity (Wildman–Crippen MR) is 123 cm³/mol. The van der Waals surface area contributed by atoms with E-state index in [1.54, 1.807) is 6.92 Å². The lowest BCUT2D eigenvalue weighted by atomic mass is 10.2. The summed E-state index contributed by atoms with van der Waals surface area (Å²) in [5.74, 6) is -4.92. The number of carbonyl (C=O) groups is 1. The number of nitrogens with zero attached hydrogens (tertiary/aromatic N) is 5. The maximum absolute atomic E-state index is 13.3. The quantitative estimate of drug-likeness (QED) is 0.490. The number of hydrogen-bond donors (Lipinski definition) is 1. The summed E-state index contributed by atoms with van der Waals surface area (Å²) in [6, 6.07) is 3.04. The topological polar surface area (TPSA) is 110 Å². The number of halogens is 4. The van der Waals surface area contributed by atoms with E-state index in [0.717, 1.165) is 28.6 Å². The van der Waals surface area contributed by atoms with Crippen molar-refractivity contribution in [3.8, 4) is 5.69 Å². The number of nitrogens with one attached hydrogen (secondary N) is 1. The molecule has 1 aliphatic heterocycles. The van der Waals surface area contributed by atoms with Crippen molar-refractivity contribution in [1.82, 2.24) is 29.4 Å². The van der Waals surface area contributed by atoms with Gasteiger partial charge in [-0.2, -0.15) is 18.2 Å². The second-order valence-corrected chi connectivity index (χ2v) is 10.7. The van der Waals surface area contributed by atoms with Crippen LogP contribution in [0.25, 0.3) is 5.69 Å². The second-order valence-electron chi connectivity index (χ2n) is 8.49. The SMILES string of the molecule is C[C@H]1CC[C@@H](C(=O)NCc2cn(-c3cnc(C(C)(F)F)nc3)nc2Cl)N1S(=O)(=O)c1ccc(F)cc1.